The molecule has 2 aliphatic heterocycles. The van der Waals surface area contributed by atoms with Gasteiger partial charge in [0.2, 0.25) is 12.1 Å². The molecule has 2 saturated heterocycles. The SMILES string of the molecule is CS(C)(=NC#N)=Nc1cc(F)c(COc2nc3nc(O[C@@H]4CO[C@H]5[C@@H]4OC[C@H]5O)[nH]c3cc2Cl)c(F)c1. The lowest BCUT2D eigenvalue weighted by Crippen LogP contribution is -2.34. The largest absolute Gasteiger partial charge is 0.471 e. The number of hydrogen-bond acceptors (Lipinski definition) is 10. The molecule has 5 rings (SSSR count). The molecule has 4 atom stereocenters. The molecule has 0 radical (unpaired) electrons. The number of benzene rings is 1. The Labute approximate surface area is 215 Å². The Morgan fingerprint density at radius 1 is 1.22 bits per heavy atom. The number of fused-ring (bicyclic) bond motifs is 2. The fourth-order valence-electron chi connectivity index (χ4n) is 4.02. The van der Waals surface area contributed by atoms with Crippen LogP contribution in [-0.2, 0) is 25.7 Å². The lowest BCUT2D eigenvalue weighted by atomic mass is 10.1. The number of nitriles is 1. The third kappa shape index (κ3) is 5.32. The maximum Gasteiger partial charge on any atom is 0.296 e. The van der Waals surface area contributed by atoms with E-state index in [-0.39, 0.29) is 47.0 Å². The summed E-state index contributed by atoms with van der Waals surface area (Å²) in [5.41, 5.74) is 0.337. The smallest absolute Gasteiger partial charge is 0.296 e. The molecule has 0 amide bonds. The van der Waals surface area contributed by atoms with Crippen LogP contribution in [0.15, 0.2) is 26.9 Å². The first-order valence-electron chi connectivity index (χ1n) is 11.0. The third-order valence-corrected chi connectivity index (χ3v) is 7.15. The van der Waals surface area contributed by atoms with Gasteiger partial charge in [0.25, 0.3) is 6.01 Å². The van der Waals surface area contributed by atoms with Crippen molar-refractivity contribution >= 4 is 38.1 Å². The van der Waals surface area contributed by atoms with Gasteiger partial charge in [-0.15, -0.1) is 4.36 Å². The van der Waals surface area contributed by atoms with Crippen LogP contribution < -0.4 is 9.47 Å². The normalized spacial score (nSPS) is 23.1. The van der Waals surface area contributed by atoms with Crippen molar-refractivity contribution in [2.24, 2.45) is 8.73 Å². The van der Waals surface area contributed by atoms with Gasteiger partial charge in [-0.3, -0.25) is 0 Å². The lowest BCUT2D eigenvalue weighted by Gasteiger charge is -2.15. The summed E-state index contributed by atoms with van der Waals surface area (Å²) < 4.78 is 59.6. The van der Waals surface area contributed by atoms with Gasteiger partial charge in [-0.1, -0.05) is 11.6 Å². The number of aliphatic hydroxyl groups is 1. The molecule has 0 spiro atoms. The zero-order chi connectivity index (χ0) is 26.3. The topological polar surface area (TPSA) is 147 Å². The van der Waals surface area contributed by atoms with Crippen molar-refractivity contribution in [2.75, 3.05) is 25.7 Å². The monoisotopic (exact) mass is 554 g/mol. The van der Waals surface area contributed by atoms with E-state index in [1.54, 1.807) is 18.7 Å². The Kier molecular flexibility index (Phi) is 6.90. The summed E-state index contributed by atoms with van der Waals surface area (Å²) >= 11 is 6.26. The number of aromatic amines is 1. The van der Waals surface area contributed by atoms with Gasteiger partial charge < -0.3 is 29.0 Å². The molecule has 1 aromatic carbocycles. The molecule has 37 heavy (non-hydrogen) atoms. The van der Waals surface area contributed by atoms with E-state index in [4.69, 9.17) is 35.8 Å². The van der Waals surface area contributed by atoms with E-state index in [1.165, 1.54) is 6.07 Å². The average Bonchev–Trinajstić information content (AvgIpc) is 3.49. The zero-order valence-corrected chi connectivity index (χ0v) is 21.1. The Balaban J connectivity index is 1.32. The summed E-state index contributed by atoms with van der Waals surface area (Å²) in [6.07, 6.45) is 2.83. The highest BCUT2D eigenvalue weighted by Gasteiger charge is 2.48. The van der Waals surface area contributed by atoms with Gasteiger partial charge in [0.15, 0.2) is 11.8 Å². The summed E-state index contributed by atoms with van der Waals surface area (Å²) in [6, 6.07) is 3.73. The van der Waals surface area contributed by atoms with Crippen molar-refractivity contribution in [1.82, 2.24) is 15.0 Å². The van der Waals surface area contributed by atoms with Crippen LogP contribution in [0.25, 0.3) is 11.2 Å². The molecular weight excluding hydrogens is 534 g/mol. The molecule has 0 bridgehead atoms. The highest BCUT2D eigenvalue weighted by Crippen LogP contribution is 2.32. The Hall–Kier alpha value is -3.09. The van der Waals surface area contributed by atoms with Crippen LogP contribution in [0.2, 0.25) is 5.02 Å². The van der Waals surface area contributed by atoms with Crippen LogP contribution in [0.3, 0.4) is 0 Å². The van der Waals surface area contributed by atoms with Gasteiger partial charge in [0.05, 0.1) is 30.0 Å². The van der Waals surface area contributed by atoms with Crippen molar-refractivity contribution in [3.05, 3.63) is 40.4 Å². The molecule has 2 N–H and O–H groups in total. The van der Waals surface area contributed by atoms with Crippen LogP contribution >= 0.6 is 11.6 Å². The van der Waals surface area contributed by atoms with Crippen LogP contribution in [-0.4, -0.2) is 70.2 Å². The molecule has 2 aromatic heterocycles. The number of imidazole rings is 1. The summed E-state index contributed by atoms with van der Waals surface area (Å²) in [7, 11) is -2.07. The molecule has 2 aliphatic rings. The summed E-state index contributed by atoms with van der Waals surface area (Å²) in [5, 5.41) is 18.7. The molecule has 11 nitrogen and oxygen atoms in total. The van der Waals surface area contributed by atoms with Gasteiger partial charge in [-0.25, -0.2) is 13.1 Å². The van der Waals surface area contributed by atoms with E-state index in [1.807, 2.05) is 0 Å². The molecule has 3 aromatic rings. The second-order valence-electron chi connectivity index (χ2n) is 8.69. The molecule has 4 heterocycles. The van der Waals surface area contributed by atoms with Crippen molar-refractivity contribution in [2.45, 2.75) is 31.0 Å². The molecule has 196 valence electrons. The van der Waals surface area contributed by atoms with Crippen molar-refractivity contribution in [1.29, 1.82) is 5.26 Å². The van der Waals surface area contributed by atoms with Gasteiger partial charge in [0, 0.05) is 24.6 Å². The number of rotatable bonds is 6. The predicted octanol–water partition coefficient (Wildman–Crippen LogP) is 3.27. The number of aromatic nitrogens is 3. The molecule has 2 fully saturated rings. The highest BCUT2D eigenvalue weighted by molar-refractivity contribution is 7.94. The highest BCUT2D eigenvalue weighted by atomic mass is 35.5. The number of aliphatic hydroxyl groups excluding tert-OH is 1. The predicted molar refractivity (Wildman–Crippen MR) is 129 cm³/mol. The summed E-state index contributed by atoms with van der Waals surface area (Å²) in [6.45, 7) is -0.103. The fourth-order valence-corrected chi connectivity index (χ4v) is 5.09. The summed E-state index contributed by atoms with van der Waals surface area (Å²) in [4.78, 5) is 11.4. The van der Waals surface area contributed by atoms with E-state index in [0.29, 0.717) is 5.52 Å². The van der Waals surface area contributed by atoms with Gasteiger partial charge in [-0.2, -0.15) is 15.2 Å². The minimum Gasteiger partial charge on any atom is -0.471 e. The number of pyridine rings is 1. The third-order valence-electron chi connectivity index (χ3n) is 5.69. The molecule has 15 heteroatoms. The van der Waals surface area contributed by atoms with Crippen LogP contribution in [0, 0.1) is 23.1 Å². The number of nitrogens with one attached hydrogen (secondary N) is 1. The molecule has 0 aliphatic carbocycles. The number of H-pyrrole nitrogens is 1. The van der Waals surface area contributed by atoms with Crippen LogP contribution in [0.5, 0.6) is 11.9 Å². The van der Waals surface area contributed by atoms with Gasteiger partial charge >= 0.3 is 0 Å². The number of hydrogen-bond donors (Lipinski definition) is 2. The van der Waals surface area contributed by atoms with Crippen LogP contribution in [0.4, 0.5) is 14.5 Å². The molecule has 0 saturated carbocycles. The first kappa shape index (κ1) is 25.6. The van der Waals surface area contributed by atoms with E-state index < -0.39 is 52.3 Å². The van der Waals surface area contributed by atoms with Crippen molar-refractivity contribution in [3.8, 4) is 18.1 Å². The fraction of sp³-hybridized carbons (Fsp3) is 0.409. The second kappa shape index (κ2) is 9.99. The quantitative estimate of drug-likeness (QED) is 0.441. The standard InChI is InChI=1S/C22H21ClF2N6O5S/c1-37(2,27-9-26)31-10-3-13(24)11(14(25)4-10)6-35-21-12(23)5-15-20(29-21)30-22(28-15)36-17-8-34-18-16(32)7-33-19(17)18/h3-5,16-19,32H,6-8H2,1-2H3,(H,28,29,30)/t16-,17-,18-,19-/m1/s1. The maximum atomic E-state index is 14.7. The molecule has 0 unspecified atom stereocenters. The van der Waals surface area contributed by atoms with E-state index in [0.717, 1.165) is 12.1 Å². The van der Waals surface area contributed by atoms with Crippen molar-refractivity contribution in [3.63, 3.8) is 0 Å². The van der Waals surface area contributed by atoms with E-state index >= 15 is 0 Å². The Morgan fingerprint density at radius 2 is 1.95 bits per heavy atom. The van der Waals surface area contributed by atoms with Gasteiger partial charge in [-0.05, 0) is 15.7 Å². The Bertz CT molecular complexity index is 1500. The average molecular weight is 555 g/mol. The van der Waals surface area contributed by atoms with E-state index in [2.05, 4.69) is 23.7 Å². The van der Waals surface area contributed by atoms with Crippen molar-refractivity contribution < 1.29 is 32.8 Å². The van der Waals surface area contributed by atoms with Crippen LogP contribution in [0.1, 0.15) is 5.56 Å². The number of ether oxygens (including phenoxy) is 4. The first-order valence-corrected chi connectivity index (χ1v) is 13.7. The number of nitrogens with zero attached hydrogens (tertiary/aromatic N) is 5. The van der Waals surface area contributed by atoms with Gasteiger partial charge in [0.1, 0.15) is 41.6 Å². The minimum atomic E-state index is -2.07. The molecular formula is C22H21ClF2N6O5S. The van der Waals surface area contributed by atoms with E-state index in [9.17, 15) is 13.9 Å². The minimum absolute atomic E-state index is 0.0240. The Morgan fingerprint density at radius 3 is 2.68 bits per heavy atom. The summed E-state index contributed by atoms with van der Waals surface area (Å²) in [5.74, 6) is -1.84. The number of halogens is 3. The second-order valence-corrected chi connectivity index (χ2v) is 11.9. The maximum absolute atomic E-state index is 14.7. The lowest BCUT2D eigenvalue weighted by molar-refractivity contribution is 0.00706. The first-order chi connectivity index (χ1) is 17.6. The zero-order valence-electron chi connectivity index (χ0n) is 19.5.